The molecule has 0 bridgehead atoms. The van der Waals surface area contributed by atoms with E-state index in [1.807, 2.05) is 19.1 Å². The van der Waals surface area contributed by atoms with Gasteiger partial charge in [0, 0.05) is 50.3 Å². The van der Waals surface area contributed by atoms with Crippen LogP contribution in [-0.4, -0.2) is 39.0 Å². The van der Waals surface area contributed by atoms with Crippen LogP contribution in [0.15, 0.2) is 42.6 Å². The van der Waals surface area contributed by atoms with Crippen molar-refractivity contribution in [2.45, 2.75) is 46.8 Å². The second-order valence-electron chi connectivity index (χ2n) is 9.14. The van der Waals surface area contributed by atoms with Crippen LogP contribution in [0.25, 0.3) is 11.4 Å². The molecule has 3 aromatic rings. The number of aromatic nitrogens is 2. The van der Waals surface area contributed by atoms with Gasteiger partial charge in [0.15, 0.2) is 5.82 Å². The minimum absolute atomic E-state index is 0.0731. The Balaban J connectivity index is 1.43. The lowest BCUT2D eigenvalue weighted by molar-refractivity contribution is -0.138. The minimum atomic E-state index is -0.776. The first-order valence-corrected chi connectivity index (χ1v) is 11.6. The molecule has 6 nitrogen and oxygen atoms in total. The van der Waals surface area contributed by atoms with Crippen LogP contribution in [0.5, 0.6) is 5.75 Å². The van der Waals surface area contributed by atoms with Gasteiger partial charge in [0.2, 0.25) is 0 Å². The lowest BCUT2D eigenvalue weighted by Crippen LogP contribution is -2.35. The number of fused-ring (bicyclic) bond motifs is 1. The number of halogens is 1. The number of hydrogen-bond acceptors (Lipinski definition) is 5. The van der Waals surface area contributed by atoms with Crippen molar-refractivity contribution >= 4 is 5.97 Å². The summed E-state index contributed by atoms with van der Waals surface area (Å²) in [6.07, 6.45) is 2.64. The Morgan fingerprint density at radius 2 is 2.09 bits per heavy atom. The van der Waals surface area contributed by atoms with Crippen molar-refractivity contribution in [3.8, 4) is 17.1 Å². The summed E-state index contributed by atoms with van der Waals surface area (Å²) in [4.78, 5) is 22.2. The van der Waals surface area contributed by atoms with Gasteiger partial charge >= 0.3 is 5.97 Å². The first kappa shape index (κ1) is 23.8. The molecule has 7 heteroatoms. The molecular weight excluding hydrogens is 433 g/mol. The Labute approximate surface area is 199 Å². The lowest BCUT2D eigenvalue weighted by atomic mass is 10.0. The molecule has 0 amide bonds. The Hall–Kier alpha value is -3.32. The third-order valence-corrected chi connectivity index (χ3v) is 6.40. The van der Waals surface area contributed by atoms with E-state index in [9.17, 15) is 9.18 Å². The van der Waals surface area contributed by atoms with E-state index >= 15 is 0 Å². The number of benzene rings is 2. The van der Waals surface area contributed by atoms with E-state index < -0.39 is 11.8 Å². The number of carboxylic acids is 1. The van der Waals surface area contributed by atoms with Crippen LogP contribution in [0, 0.1) is 25.6 Å². The van der Waals surface area contributed by atoms with Crippen molar-refractivity contribution in [2.24, 2.45) is 5.92 Å². The summed E-state index contributed by atoms with van der Waals surface area (Å²) in [5.41, 5.74) is 5.73. The SMILES string of the molecule is Cc1cccc(COc2ccc(-c3ncc4c(n3)CCN(CC(C)CC(=O)O)C4)c(F)c2)c1C. The molecule has 0 saturated heterocycles. The third-order valence-electron chi connectivity index (χ3n) is 6.40. The molecule has 0 spiro atoms. The molecule has 1 atom stereocenters. The summed E-state index contributed by atoms with van der Waals surface area (Å²) in [6.45, 7) is 8.62. The van der Waals surface area contributed by atoms with Crippen molar-refractivity contribution in [2.75, 3.05) is 13.1 Å². The molecule has 4 rings (SSSR count). The molecule has 1 aromatic heterocycles. The van der Waals surface area contributed by atoms with E-state index in [4.69, 9.17) is 9.84 Å². The first-order valence-electron chi connectivity index (χ1n) is 11.6. The van der Waals surface area contributed by atoms with Crippen LogP contribution in [-0.2, 0) is 24.4 Å². The van der Waals surface area contributed by atoms with E-state index in [0.717, 1.165) is 29.8 Å². The van der Waals surface area contributed by atoms with Gasteiger partial charge in [-0.1, -0.05) is 25.1 Å². The highest BCUT2D eigenvalue weighted by atomic mass is 19.1. The van der Waals surface area contributed by atoms with Crippen LogP contribution in [0.2, 0.25) is 0 Å². The average molecular weight is 464 g/mol. The Morgan fingerprint density at radius 1 is 1.26 bits per heavy atom. The average Bonchev–Trinajstić information content (AvgIpc) is 2.79. The smallest absolute Gasteiger partial charge is 0.303 e. The molecule has 1 aliphatic heterocycles. The van der Waals surface area contributed by atoms with E-state index in [1.54, 1.807) is 18.3 Å². The first-order chi connectivity index (χ1) is 16.3. The number of nitrogens with zero attached hydrogens (tertiary/aromatic N) is 3. The molecule has 34 heavy (non-hydrogen) atoms. The fraction of sp³-hybridized carbons (Fsp3) is 0.370. The molecule has 178 valence electrons. The highest BCUT2D eigenvalue weighted by Gasteiger charge is 2.22. The number of rotatable bonds is 8. The normalized spacial score (nSPS) is 14.5. The zero-order valence-corrected chi connectivity index (χ0v) is 19.8. The second kappa shape index (κ2) is 10.3. The molecule has 2 heterocycles. The minimum Gasteiger partial charge on any atom is -0.489 e. The van der Waals surface area contributed by atoms with Crippen molar-refractivity contribution in [3.05, 3.63) is 76.4 Å². The summed E-state index contributed by atoms with van der Waals surface area (Å²) in [5.74, 6) is -0.292. The van der Waals surface area contributed by atoms with E-state index in [-0.39, 0.29) is 12.3 Å². The number of carboxylic acid groups (broad SMARTS) is 1. The molecule has 1 unspecified atom stereocenters. The molecular formula is C27H30FN3O3. The van der Waals surface area contributed by atoms with Gasteiger partial charge in [-0.2, -0.15) is 0 Å². The number of carbonyl (C=O) groups is 1. The Kier molecular flexibility index (Phi) is 7.22. The van der Waals surface area contributed by atoms with Crippen molar-refractivity contribution < 1.29 is 19.0 Å². The second-order valence-corrected chi connectivity index (χ2v) is 9.14. The van der Waals surface area contributed by atoms with E-state index in [1.165, 1.54) is 17.2 Å². The standard InChI is InChI=1S/C27H30FN3O3/c1-17(11-26(32)33)14-31-10-9-25-21(15-31)13-29-27(30-25)23-8-7-22(12-24(23)28)34-16-20-6-4-5-18(2)19(20)3/h4-8,12-13,17H,9-11,14-16H2,1-3H3,(H,32,33). The molecule has 0 saturated carbocycles. The van der Waals surface area contributed by atoms with Gasteiger partial charge in [-0.25, -0.2) is 14.4 Å². The zero-order valence-electron chi connectivity index (χ0n) is 19.8. The summed E-state index contributed by atoms with van der Waals surface area (Å²) < 4.78 is 20.8. The van der Waals surface area contributed by atoms with Gasteiger partial charge in [0.1, 0.15) is 18.2 Å². The van der Waals surface area contributed by atoms with E-state index in [0.29, 0.717) is 36.8 Å². The van der Waals surface area contributed by atoms with Crippen LogP contribution in [0.4, 0.5) is 4.39 Å². The maximum Gasteiger partial charge on any atom is 0.303 e. The fourth-order valence-electron chi connectivity index (χ4n) is 4.36. The predicted molar refractivity (Wildman–Crippen MR) is 128 cm³/mol. The molecule has 0 radical (unpaired) electrons. The maximum absolute atomic E-state index is 14.9. The van der Waals surface area contributed by atoms with Gasteiger partial charge in [-0.05, 0) is 48.6 Å². The fourth-order valence-corrected chi connectivity index (χ4v) is 4.36. The molecule has 2 aromatic carbocycles. The number of aryl methyl sites for hydroxylation is 1. The van der Waals surface area contributed by atoms with Gasteiger partial charge in [0.05, 0.1) is 11.3 Å². The number of aliphatic carboxylic acids is 1. The third kappa shape index (κ3) is 5.59. The predicted octanol–water partition coefficient (Wildman–Crippen LogP) is 4.95. The topological polar surface area (TPSA) is 75.6 Å². The monoisotopic (exact) mass is 463 g/mol. The van der Waals surface area contributed by atoms with Crippen molar-refractivity contribution in [1.29, 1.82) is 0 Å². The van der Waals surface area contributed by atoms with Crippen LogP contribution >= 0.6 is 0 Å². The molecule has 1 aliphatic rings. The van der Waals surface area contributed by atoms with Gasteiger partial charge in [-0.15, -0.1) is 0 Å². The Bertz CT molecular complexity index is 1200. The van der Waals surface area contributed by atoms with E-state index in [2.05, 4.69) is 34.8 Å². The van der Waals surface area contributed by atoms with Crippen molar-refractivity contribution in [1.82, 2.24) is 14.9 Å². The van der Waals surface area contributed by atoms with Gasteiger partial charge in [0.25, 0.3) is 0 Å². The zero-order chi connectivity index (χ0) is 24.2. The summed E-state index contributed by atoms with van der Waals surface area (Å²) in [6, 6.07) is 10.9. The lowest BCUT2D eigenvalue weighted by Gasteiger charge is -2.29. The largest absolute Gasteiger partial charge is 0.489 e. The molecule has 1 N–H and O–H groups in total. The number of hydrogen-bond donors (Lipinski definition) is 1. The van der Waals surface area contributed by atoms with Gasteiger partial charge < -0.3 is 9.84 Å². The number of ether oxygens (including phenoxy) is 1. The molecule has 0 fully saturated rings. The maximum atomic E-state index is 14.9. The van der Waals surface area contributed by atoms with Crippen LogP contribution < -0.4 is 4.74 Å². The van der Waals surface area contributed by atoms with Gasteiger partial charge in [-0.3, -0.25) is 9.69 Å². The highest BCUT2D eigenvalue weighted by Crippen LogP contribution is 2.27. The summed E-state index contributed by atoms with van der Waals surface area (Å²) >= 11 is 0. The summed E-state index contributed by atoms with van der Waals surface area (Å²) in [7, 11) is 0. The Morgan fingerprint density at radius 3 is 2.85 bits per heavy atom. The van der Waals surface area contributed by atoms with Crippen molar-refractivity contribution in [3.63, 3.8) is 0 Å². The quantitative estimate of drug-likeness (QED) is 0.510. The van der Waals surface area contributed by atoms with Crippen LogP contribution in [0.1, 0.15) is 41.3 Å². The van der Waals surface area contributed by atoms with Crippen LogP contribution in [0.3, 0.4) is 0 Å². The summed E-state index contributed by atoms with van der Waals surface area (Å²) in [5, 5.41) is 8.98. The highest BCUT2D eigenvalue weighted by molar-refractivity contribution is 5.67. The molecule has 0 aliphatic carbocycles.